The lowest BCUT2D eigenvalue weighted by Crippen LogP contribution is -2.51. The van der Waals surface area contributed by atoms with Crippen LogP contribution in [0.1, 0.15) is 36.5 Å². The topological polar surface area (TPSA) is 57.6 Å². The van der Waals surface area contributed by atoms with Crippen molar-refractivity contribution in [1.82, 2.24) is 4.90 Å². The molecule has 1 N–H and O–H groups in total. The Bertz CT molecular complexity index is 458. The van der Waals surface area contributed by atoms with Gasteiger partial charge >= 0.3 is 5.97 Å². The third-order valence-corrected chi connectivity index (χ3v) is 3.76. The molecule has 1 heterocycles. The van der Waals surface area contributed by atoms with E-state index < -0.39 is 12.0 Å². The molecular weight excluding hydrogens is 242 g/mol. The molecule has 1 aromatic rings. The van der Waals surface area contributed by atoms with Crippen molar-refractivity contribution in [2.45, 2.75) is 38.3 Å². The number of rotatable bonds is 4. The van der Waals surface area contributed by atoms with E-state index in [4.69, 9.17) is 0 Å². The average Bonchev–Trinajstić information content (AvgIpc) is 2.46. The number of Topliss-reactive ketones (excluding diaryl/α,β-unsaturated/α-hetero) is 1. The van der Waals surface area contributed by atoms with Crippen LogP contribution in [0.15, 0.2) is 30.3 Å². The molecule has 2 atom stereocenters. The Morgan fingerprint density at radius 1 is 1.26 bits per heavy atom. The second kappa shape index (κ2) is 5.97. The van der Waals surface area contributed by atoms with Gasteiger partial charge in [0.25, 0.3) is 0 Å². The standard InChI is InChI=1S/C15H19NO3/c1-11(14(17)12-7-3-2-4-8-12)16-10-6-5-9-13(16)15(18)19/h2-4,7-8,11,13H,5-6,9-10H2,1H3,(H,18,19). The summed E-state index contributed by atoms with van der Waals surface area (Å²) in [6, 6.07) is 8.15. The van der Waals surface area contributed by atoms with Crippen LogP contribution in [0, 0.1) is 0 Å². The van der Waals surface area contributed by atoms with Crippen molar-refractivity contribution < 1.29 is 14.7 Å². The summed E-state index contributed by atoms with van der Waals surface area (Å²) in [7, 11) is 0. The fourth-order valence-electron chi connectivity index (χ4n) is 2.68. The van der Waals surface area contributed by atoms with Crippen LogP contribution in [-0.4, -0.2) is 40.4 Å². The first kappa shape index (κ1) is 13.7. The van der Waals surface area contributed by atoms with E-state index in [-0.39, 0.29) is 11.8 Å². The number of carbonyl (C=O) groups is 2. The molecule has 1 fully saturated rings. The van der Waals surface area contributed by atoms with Gasteiger partial charge in [0.1, 0.15) is 6.04 Å². The molecule has 0 aromatic heterocycles. The highest BCUT2D eigenvalue weighted by atomic mass is 16.4. The molecule has 0 aliphatic carbocycles. The number of likely N-dealkylation sites (tertiary alicyclic amines) is 1. The number of hydrogen-bond acceptors (Lipinski definition) is 3. The number of carboxylic acids is 1. The smallest absolute Gasteiger partial charge is 0.320 e. The minimum Gasteiger partial charge on any atom is -0.480 e. The zero-order valence-electron chi connectivity index (χ0n) is 11.1. The van der Waals surface area contributed by atoms with Gasteiger partial charge in [0.2, 0.25) is 0 Å². The molecule has 1 saturated heterocycles. The fraction of sp³-hybridized carbons (Fsp3) is 0.467. The Morgan fingerprint density at radius 2 is 1.95 bits per heavy atom. The van der Waals surface area contributed by atoms with Crippen molar-refractivity contribution in [3.63, 3.8) is 0 Å². The number of piperidine rings is 1. The molecule has 0 spiro atoms. The predicted molar refractivity (Wildman–Crippen MR) is 72.2 cm³/mol. The van der Waals surface area contributed by atoms with Crippen molar-refractivity contribution in [2.75, 3.05) is 6.54 Å². The number of hydrogen-bond donors (Lipinski definition) is 1. The molecule has 102 valence electrons. The van der Waals surface area contributed by atoms with Gasteiger partial charge in [0.05, 0.1) is 6.04 Å². The Morgan fingerprint density at radius 3 is 2.58 bits per heavy atom. The zero-order valence-corrected chi connectivity index (χ0v) is 11.1. The van der Waals surface area contributed by atoms with E-state index in [9.17, 15) is 14.7 Å². The maximum Gasteiger partial charge on any atom is 0.320 e. The molecule has 1 aromatic carbocycles. The molecule has 19 heavy (non-hydrogen) atoms. The highest BCUT2D eigenvalue weighted by Crippen LogP contribution is 2.21. The summed E-state index contributed by atoms with van der Waals surface area (Å²) in [5, 5.41) is 9.26. The summed E-state index contributed by atoms with van der Waals surface area (Å²) in [6.45, 7) is 2.48. The van der Waals surface area contributed by atoms with E-state index >= 15 is 0 Å². The van der Waals surface area contributed by atoms with E-state index in [0.717, 1.165) is 12.8 Å². The maximum absolute atomic E-state index is 12.4. The Kier molecular flexibility index (Phi) is 4.32. The van der Waals surface area contributed by atoms with E-state index in [1.165, 1.54) is 0 Å². The minimum atomic E-state index is -0.826. The summed E-state index contributed by atoms with van der Waals surface area (Å²) >= 11 is 0. The van der Waals surface area contributed by atoms with Gasteiger partial charge < -0.3 is 5.11 Å². The normalized spacial score (nSPS) is 21.8. The van der Waals surface area contributed by atoms with E-state index in [1.54, 1.807) is 19.1 Å². The molecule has 0 amide bonds. The minimum absolute atomic E-state index is 0.00579. The summed E-state index contributed by atoms with van der Waals surface area (Å²) in [6.07, 6.45) is 2.50. The number of benzene rings is 1. The summed E-state index contributed by atoms with van der Waals surface area (Å²) < 4.78 is 0. The van der Waals surface area contributed by atoms with Crippen LogP contribution in [0.3, 0.4) is 0 Å². The Balaban J connectivity index is 2.15. The van der Waals surface area contributed by atoms with E-state index in [1.807, 2.05) is 23.1 Å². The quantitative estimate of drug-likeness (QED) is 0.844. The predicted octanol–water partition coefficient (Wildman–Crippen LogP) is 2.20. The van der Waals surface area contributed by atoms with Crippen LogP contribution in [0.25, 0.3) is 0 Å². The highest BCUT2D eigenvalue weighted by Gasteiger charge is 2.34. The molecule has 0 saturated carbocycles. The maximum atomic E-state index is 12.4. The van der Waals surface area contributed by atoms with Gasteiger partial charge in [-0.3, -0.25) is 14.5 Å². The van der Waals surface area contributed by atoms with Gasteiger partial charge in [0, 0.05) is 5.56 Å². The van der Waals surface area contributed by atoms with Crippen molar-refractivity contribution in [1.29, 1.82) is 0 Å². The molecule has 4 nitrogen and oxygen atoms in total. The van der Waals surface area contributed by atoms with Crippen LogP contribution in [0.4, 0.5) is 0 Å². The first-order valence-electron chi connectivity index (χ1n) is 6.69. The molecule has 4 heteroatoms. The lowest BCUT2D eigenvalue weighted by Gasteiger charge is -2.36. The largest absolute Gasteiger partial charge is 0.480 e. The van der Waals surface area contributed by atoms with Gasteiger partial charge in [-0.05, 0) is 26.3 Å². The van der Waals surface area contributed by atoms with Gasteiger partial charge in [-0.25, -0.2) is 0 Å². The van der Waals surface area contributed by atoms with Crippen molar-refractivity contribution in [2.24, 2.45) is 0 Å². The van der Waals surface area contributed by atoms with Crippen molar-refractivity contribution in [3.8, 4) is 0 Å². The SMILES string of the molecule is CC(C(=O)c1ccccc1)N1CCCCC1C(=O)O. The van der Waals surface area contributed by atoms with Crippen molar-refractivity contribution >= 4 is 11.8 Å². The van der Waals surface area contributed by atoms with Crippen LogP contribution in [0.2, 0.25) is 0 Å². The molecule has 0 radical (unpaired) electrons. The number of aliphatic carboxylic acids is 1. The number of carboxylic acid groups (broad SMARTS) is 1. The highest BCUT2D eigenvalue weighted by molar-refractivity contribution is 6.00. The second-order valence-electron chi connectivity index (χ2n) is 4.99. The van der Waals surface area contributed by atoms with Crippen LogP contribution in [-0.2, 0) is 4.79 Å². The average molecular weight is 261 g/mol. The molecule has 2 unspecified atom stereocenters. The number of ketones is 1. The Hall–Kier alpha value is -1.68. The Labute approximate surface area is 113 Å². The van der Waals surface area contributed by atoms with E-state index in [0.29, 0.717) is 18.5 Å². The summed E-state index contributed by atoms with van der Waals surface area (Å²) in [4.78, 5) is 25.5. The molecule has 2 rings (SSSR count). The molecular formula is C15H19NO3. The van der Waals surface area contributed by atoms with Crippen molar-refractivity contribution in [3.05, 3.63) is 35.9 Å². The first-order chi connectivity index (χ1) is 9.11. The molecule has 0 bridgehead atoms. The van der Waals surface area contributed by atoms with E-state index in [2.05, 4.69) is 0 Å². The van der Waals surface area contributed by atoms with Crippen LogP contribution < -0.4 is 0 Å². The van der Waals surface area contributed by atoms with Gasteiger partial charge in [-0.15, -0.1) is 0 Å². The zero-order chi connectivity index (χ0) is 13.8. The van der Waals surface area contributed by atoms with Crippen LogP contribution in [0.5, 0.6) is 0 Å². The van der Waals surface area contributed by atoms with Gasteiger partial charge in [-0.1, -0.05) is 36.8 Å². The van der Waals surface area contributed by atoms with Gasteiger partial charge in [-0.2, -0.15) is 0 Å². The second-order valence-corrected chi connectivity index (χ2v) is 4.99. The summed E-state index contributed by atoms with van der Waals surface area (Å²) in [5.74, 6) is -0.832. The molecule has 1 aliphatic rings. The number of carbonyl (C=O) groups excluding carboxylic acids is 1. The van der Waals surface area contributed by atoms with Gasteiger partial charge in [0.15, 0.2) is 5.78 Å². The monoisotopic (exact) mass is 261 g/mol. The lowest BCUT2D eigenvalue weighted by molar-refractivity contribution is -0.145. The third kappa shape index (κ3) is 3.01. The fourth-order valence-corrected chi connectivity index (χ4v) is 2.68. The lowest BCUT2D eigenvalue weighted by atomic mass is 9.96. The molecule has 1 aliphatic heterocycles. The summed E-state index contributed by atoms with van der Waals surface area (Å²) in [5.41, 5.74) is 0.643. The van der Waals surface area contributed by atoms with Crippen LogP contribution >= 0.6 is 0 Å². The number of nitrogens with zero attached hydrogens (tertiary/aromatic N) is 1. The third-order valence-electron chi connectivity index (χ3n) is 3.76. The first-order valence-corrected chi connectivity index (χ1v) is 6.69.